The second-order valence-corrected chi connectivity index (χ2v) is 10.2. The number of hydrogen-bond donors (Lipinski definition) is 1. The Labute approximate surface area is 226 Å². The van der Waals surface area contributed by atoms with Gasteiger partial charge in [-0.15, -0.1) is 0 Å². The fraction of sp³-hybridized carbons (Fsp3) is 0.138. The molecule has 39 heavy (non-hydrogen) atoms. The number of aryl methyl sites for hydroxylation is 2. The van der Waals surface area contributed by atoms with Crippen molar-refractivity contribution < 1.29 is 24.2 Å². The maximum absolute atomic E-state index is 13.6. The van der Waals surface area contributed by atoms with E-state index in [0.717, 1.165) is 10.3 Å². The molecule has 1 aliphatic rings. The van der Waals surface area contributed by atoms with Crippen molar-refractivity contribution in [2.24, 2.45) is 0 Å². The summed E-state index contributed by atoms with van der Waals surface area (Å²) < 4.78 is 7.35. The summed E-state index contributed by atoms with van der Waals surface area (Å²) in [7, 11) is 1.29. The highest BCUT2D eigenvalue weighted by molar-refractivity contribution is 7.22. The highest BCUT2D eigenvalue weighted by atomic mass is 32.1. The normalized spacial score (nSPS) is 16.9. The summed E-state index contributed by atoms with van der Waals surface area (Å²) in [6.45, 7) is 3.69. The number of rotatable bonds is 4. The molecule has 5 aromatic rings. The van der Waals surface area contributed by atoms with Gasteiger partial charge in [0.05, 0.1) is 40.2 Å². The van der Waals surface area contributed by atoms with E-state index in [0.29, 0.717) is 38.8 Å². The highest BCUT2D eigenvalue weighted by Gasteiger charge is 2.48. The van der Waals surface area contributed by atoms with Gasteiger partial charge in [-0.05, 0) is 61.4 Å². The van der Waals surface area contributed by atoms with Gasteiger partial charge < -0.3 is 9.84 Å². The SMILES string of the molecule is COC(=O)c1ccc(C2C(=C(O)c3c(C)nc4ccccn34)C(=O)C(=O)N2c2nc3ccc(C)cc3s2)cc1. The number of amides is 1. The first-order valence-corrected chi connectivity index (χ1v) is 12.9. The molecular formula is C29H22N4O5S. The summed E-state index contributed by atoms with van der Waals surface area (Å²) in [5, 5.41) is 12.0. The van der Waals surface area contributed by atoms with Gasteiger partial charge in [0.25, 0.3) is 5.78 Å². The van der Waals surface area contributed by atoms with Crippen molar-refractivity contribution in [2.45, 2.75) is 19.9 Å². The largest absolute Gasteiger partial charge is 0.505 e. The highest BCUT2D eigenvalue weighted by Crippen LogP contribution is 2.44. The molecule has 1 amide bonds. The zero-order chi connectivity index (χ0) is 27.4. The molecule has 1 unspecified atom stereocenters. The maximum Gasteiger partial charge on any atom is 0.337 e. The Morgan fingerprint density at radius 3 is 2.54 bits per heavy atom. The van der Waals surface area contributed by atoms with Gasteiger partial charge in [-0.1, -0.05) is 35.6 Å². The summed E-state index contributed by atoms with van der Waals surface area (Å²) in [5.74, 6) is -2.50. The average Bonchev–Trinajstić information content (AvgIpc) is 3.58. The Bertz CT molecular complexity index is 1850. The molecule has 6 rings (SSSR count). The number of esters is 1. The van der Waals surface area contributed by atoms with E-state index < -0.39 is 23.7 Å². The van der Waals surface area contributed by atoms with Crippen LogP contribution < -0.4 is 4.90 Å². The van der Waals surface area contributed by atoms with Crippen LogP contribution in [0.2, 0.25) is 0 Å². The van der Waals surface area contributed by atoms with Gasteiger partial charge in [-0.25, -0.2) is 14.8 Å². The van der Waals surface area contributed by atoms with Crippen LogP contribution in [0.5, 0.6) is 0 Å². The number of nitrogens with zero attached hydrogens (tertiary/aromatic N) is 4. The van der Waals surface area contributed by atoms with E-state index in [1.54, 1.807) is 53.9 Å². The van der Waals surface area contributed by atoms with Crippen molar-refractivity contribution in [3.63, 3.8) is 0 Å². The van der Waals surface area contributed by atoms with Gasteiger partial charge in [-0.3, -0.25) is 18.9 Å². The topological polar surface area (TPSA) is 114 Å². The molecule has 194 valence electrons. The number of hydrogen-bond acceptors (Lipinski definition) is 8. The Morgan fingerprint density at radius 2 is 1.79 bits per heavy atom. The van der Waals surface area contributed by atoms with E-state index in [9.17, 15) is 19.5 Å². The molecule has 0 radical (unpaired) electrons. The number of aliphatic hydroxyl groups is 1. The Morgan fingerprint density at radius 1 is 1.03 bits per heavy atom. The van der Waals surface area contributed by atoms with Crippen molar-refractivity contribution in [1.82, 2.24) is 14.4 Å². The van der Waals surface area contributed by atoms with E-state index in [2.05, 4.69) is 9.97 Å². The van der Waals surface area contributed by atoms with Crippen LogP contribution in [0.4, 0.5) is 5.13 Å². The lowest BCUT2D eigenvalue weighted by Crippen LogP contribution is -2.29. The van der Waals surface area contributed by atoms with Gasteiger partial charge in [0.15, 0.2) is 10.9 Å². The fourth-order valence-electron chi connectivity index (χ4n) is 4.91. The zero-order valence-corrected chi connectivity index (χ0v) is 22.0. The summed E-state index contributed by atoms with van der Waals surface area (Å²) >= 11 is 1.29. The molecule has 0 bridgehead atoms. The predicted molar refractivity (Wildman–Crippen MR) is 147 cm³/mol. The third-order valence-corrected chi connectivity index (χ3v) is 7.78. The van der Waals surface area contributed by atoms with E-state index in [-0.39, 0.29) is 11.3 Å². The van der Waals surface area contributed by atoms with Gasteiger partial charge in [-0.2, -0.15) is 0 Å². The van der Waals surface area contributed by atoms with Crippen LogP contribution in [-0.2, 0) is 14.3 Å². The van der Waals surface area contributed by atoms with E-state index >= 15 is 0 Å². The standard InChI is InChI=1S/C29H22N4O5S/c1-15-7-12-19-20(14-15)39-29(31-19)33-24(17-8-10-18(11-9-17)28(37)38-3)22(26(35)27(33)36)25(34)23-16(2)30-21-6-4-5-13-32(21)23/h4-14,24,34H,1-3H3. The van der Waals surface area contributed by atoms with Crippen LogP contribution in [-0.4, -0.2) is 44.2 Å². The van der Waals surface area contributed by atoms with Crippen LogP contribution in [0.1, 0.15) is 38.9 Å². The summed E-state index contributed by atoms with van der Waals surface area (Å²) in [5.41, 5.74) is 3.88. The third kappa shape index (κ3) is 3.88. The molecule has 10 heteroatoms. The summed E-state index contributed by atoms with van der Waals surface area (Å²) in [4.78, 5) is 49.7. The number of Topliss-reactive ketones (excluding diaryl/α,β-unsaturated/α-hetero) is 1. The lowest BCUT2D eigenvalue weighted by molar-refractivity contribution is -0.132. The number of carbonyl (C=O) groups is 3. The number of imidazole rings is 1. The number of pyridine rings is 1. The number of aliphatic hydroxyl groups excluding tert-OH is 1. The van der Waals surface area contributed by atoms with Crippen molar-refractivity contribution in [1.29, 1.82) is 0 Å². The molecule has 1 atom stereocenters. The van der Waals surface area contributed by atoms with Crippen LogP contribution in [0.25, 0.3) is 21.6 Å². The number of thiazole rings is 1. The Kier molecular flexibility index (Phi) is 5.76. The van der Waals surface area contributed by atoms with Crippen LogP contribution in [0, 0.1) is 13.8 Å². The number of methoxy groups -OCH3 is 1. The first kappa shape index (κ1) is 24.5. The minimum Gasteiger partial charge on any atom is -0.505 e. The van der Waals surface area contributed by atoms with Gasteiger partial charge in [0.1, 0.15) is 11.3 Å². The first-order chi connectivity index (χ1) is 18.8. The monoisotopic (exact) mass is 538 g/mol. The smallest absolute Gasteiger partial charge is 0.337 e. The Balaban J connectivity index is 1.59. The minimum atomic E-state index is -0.994. The predicted octanol–water partition coefficient (Wildman–Crippen LogP) is 4.97. The van der Waals surface area contributed by atoms with Gasteiger partial charge >= 0.3 is 11.9 Å². The second kappa shape index (κ2) is 9.17. The molecule has 0 saturated carbocycles. The number of anilines is 1. The lowest BCUT2D eigenvalue weighted by Gasteiger charge is -2.23. The van der Waals surface area contributed by atoms with Crippen molar-refractivity contribution in [2.75, 3.05) is 12.0 Å². The zero-order valence-electron chi connectivity index (χ0n) is 21.2. The lowest BCUT2D eigenvalue weighted by atomic mass is 9.95. The number of ether oxygens (including phenoxy) is 1. The van der Waals surface area contributed by atoms with Crippen molar-refractivity contribution in [3.8, 4) is 0 Å². The molecule has 2 aromatic carbocycles. The van der Waals surface area contributed by atoms with Gasteiger partial charge in [0.2, 0.25) is 0 Å². The van der Waals surface area contributed by atoms with Crippen LogP contribution >= 0.6 is 11.3 Å². The van der Waals surface area contributed by atoms with Crippen LogP contribution in [0.15, 0.2) is 72.4 Å². The number of fused-ring (bicyclic) bond motifs is 2. The molecule has 0 spiro atoms. The van der Waals surface area contributed by atoms with Gasteiger partial charge in [0, 0.05) is 6.20 Å². The molecule has 1 fully saturated rings. The average molecular weight is 539 g/mol. The molecule has 1 saturated heterocycles. The molecule has 4 heterocycles. The molecule has 1 N–H and O–H groups in total. The quantitative estimate of drug-likeness (QED) is 0.149. The number of ketones is 1. The molecule has 9 nitrogen and oxygen atoms in total. The number of aromatic nitrogens is 3. The van der Waals surface area contributed by atoms with E-state index in [4.69, 9.17) is 4.74 Å². The van der Waals surface area contributed by atoms with Crippen LogP contribution in [0.3, 0.4) is 0 Å². The maximum atomic E-state index is 13.6. The Hall–Kier alpha value is -4.83. The second-order valence-electron chi connectivity index (χ2n) is 9.22. The molecule has 0 aliphatic carbocycles. The summed E-state index contributed by atoms with van der Waals surface area (Å²) in [6.07, 6.45) is 1.73. The molecule has 1 aliphatic heterocycles. The minimum absolute atomic E-state index is 0.0880. The fourth-order valence-corrected chi connectivity index (χ4v) is 6.00. The molecular weight excluding hydrogens is 516 g/mol. The first-order valence-electron chi connectivity index (χ1n) is 12.1. The van der Waals surface area contributed by atoms with E-state index in [1.165, 1.54) is 23.3 Å². The number of benzene rings is 2. The summed E-state index contributed by atoms with van der Waals surface area (Å²) in [6, 6.07) is 16.6. The van der Waals surface area contributed by atoms with Crippen molar-refractivity contribution in [3.05, 3.63) is 101 Å². The number of carbonyl (C=O) groups excluding carboxylic acids is 3. The van der Waals surface area contributed by atoms with E-state index in [1.807, 2.05) is 31.2 Å². The van der Waals surface area contributed by atoms with Crippen molar-refractivity contribution >= 4 is 55.8 Å². The third-order valence-electron chi connectivity index (χ3n) is 6.76. The molecule has 3 aromatic heterocycles.